The molecule has 0 radical (unpaired) electrons. The van der Waals surface area contributed by atoms with Gasteiger partial charge in [0.05, 0.1) is 7.11 Å². The zero-order valence-corrected chi connectivity index (χ0v) is 11.4. The third kappa shape index (κ3) is 4.65. The van der Waals surface area contributed by atoms with E-state index in [1.165, 1.54) is 37.8 Å². The minimum absolute atomic E-state index is 0.141. The van der Waals surface area contributed by atoms with Crippen LogP contribution in [0.5, 0.6) is 5.75 Å². The molecular weight excluding hydrogens is 229 g/mol. The highest BCUT2D eigenvalue weighted by Crippen LogP contribution is 2.27. The molecule has 1 atom stereocenters. The molecule has 102 valence electrons. The molecule has 0 aliphatic rings. The lowest BCUT2D eigenvalue weighted by Crippen LogP contribution is -2.12. The summed E-state index contributed by atoms with van der Waals surface area (Å²) in [6.07, 6.45) is 6.93. The zero-order valence-electron chi connectivity index (χ0n) is 11.4. The van der Waals surface area contributed by atoms with Crippen molar-refractivity contribution in [3.63, 3.8) is 0 Å². The fraction of sp³-hybridized carbons (Fsp3) is 0.600. The highest BCUT2D eigenvalue weighted by molar-refractivity contribution is 5.36. The summed E-state index contributed by atoms with van der Waals surface area (Å²) in [6, 6.07) is 4.38. The van der Waals surface area contributed by atoms with E-state index in [9.17, 15) is 4.39 Å². The molecule has 0 amide bonds. The molecule has 0 aliphatic heterocycles. The Hall–Kier alpha value is -1.09. The first-order chi connectivity index (χ1) is 8.69. The van der Waals surface area contributed by atoms with E-state index in [1.807, 2.05) is 0 Å². The summed E-state index contributed by atoms with van der Waals surface area (Å²) in [5, 5.41) is 0. The summed E-state index contributed by atoms with van der Waals surface area (Å²) >= 11 is 0. The van der Waals surface area contributed by atoms with Gasteiger partial charge in [-0.3, -0.25) is 0 Å². The second-order valence-corrected chi connectivity index (χ2v) is 4.70. The first kappa shape index (κ1) is 15.0. The second kappa shape index (κ2) is 8.09. The van der Waals surface area contributed by atoms with E-state index >= 15 is 0 Å². The van der Waals surface area contributed by atoms with Gasteiger partial charge in [-0.25, -0.2) is 4.39 Å². The van der Waals surface area contributed by atoms with Gasteiger partial charge in [-0.05, 0) is 24.6 Å². The van der Waals surface area contributed by atoms with Crippen LogP contribution in [0.2, 0.25) is 0 Å². The Morgan fingerprint density at radius 3 is 2.61 bits per heavy atom. The number of nitrogens with two attached hydrogens (primary N) is 1. The largest absolute Gasteiger partial charge is 0.496 e. The van der Waals surface area contributed by atoms with Crippen molar-refractivity contribution in [1.82, 2.24) is 0 Å². The Balaban J connectivity index is 2.49. The molecule has 1 unspecified atom stereocenters. The normalized spacial score (nSPS) is 12.4. The van der Waals surface area contributed by atoms with Crippen molar-refractivity contribution in [3.8, 4) is 5.75 Å². The Morgan fingerprint density at radius 1 is 1.22 bits per heavy atom. The van der Waals surface area contributed by atoms with Gasteiger partial charge in [0.2, 0.25) is 0 Å². The van der Waals surface area contributed by atoms with Crippen LogP contribution in [0.4, 0.5) is 4.39 Å². The third-order valence-electron chi connectivity index (χ3n) is 3.21. The van der Waals surface area contributed by atoms with Crippen molar-refractivity contribution in [3.05, 3.63) is 29.6 Å². The Kier molecular flexibility index (Phi) is 6.73. The quantitative estimate of drug-likeness (QED) is 0.705. The maximum atomic E-state index is 13.2. The predicted molar refractivity (Wildman–Crippen MR) is 73.3 cm³/mol. The SMILES string of the molecule is CCCCCCCC(N)c1cc(F)ccc1OC. The molecule has 0 fully saturated rings. The number of benzene rings is 1. The molecule has 1 aromatic carbocycles. The van der Waals surface area contributed by atoms with Crippen LogP contribution in [0.15, 0.2) is 18.2 Å². The number of rotatable bonds is 8. The second-order valence-electron chi connectivity index (χ2n) is 4.70. The molecule has 0 bridgehead atoms. The molecule has 2 N–H and O–H groups in total. The van der Waals surface area contributed by atoms with E-state index in [1.54, 1.807) is 13.2 Å². The van der Waals surface area contributed by atoms with Gasteiger partial charge < -0.3 is 10.5 Å². The fourth-order valence-electron chi connectivity index (χ4n) is 2.12. The molecule has 0 aromatic heterocycles. The molecular formula is C15H24FNO. The Morgan fingerprint density at radius 2 is 1.94 bits per heavy atom. The fourth-order valence-corrected chi connectivity index (χ4v) is 2.12. The monoisotopic (exact) mass is 253 g/mol. The van der Waals surface area contributed by atoms with Crippen molar-refractivity contribution in [2.45, 2.75) is 51.5 Å². The lowest BCUT2D eigenvalue weighted by Gasteiger charge is -2.15. The van der Waals surface area contributed by atoms with E-state index in [2.05, 4.69) is 6.92 Å². The van der Waals surface area contributed by atoms with E-state index < -0.39 is 0 Å². The zero-order chi connectivity index (χ0) is 13.4. The van der Waals surface area contributed by atoms with Gasteiger partial charge in [-0.2, -0.15) is 0 Å². The van der Waals surface area contributed by atoms with Crippen molar-refractivity contribution >= 4 is 0 Å². The average molecular weight is 253 g/mol. The smallest absolute Gasteiger partial charge is 0.123 e. The number of hydrogen-bond donors (Lipinski definition) is 1. The molecule has 18 heavy (non-hydrogen) atoms. The number of methoxy groups -OCH3 is 1. The van der Waals surface area contributed by atoms with E-state index in [4.69, 9.17) is 10.5 Å². The highest BCUT2D eigenvalue weighted by atomic mass is 19.1. The minimum Gasteiger partial charge on any atom is -0.496 e. The van der Waals surface area contributed by atoms with Crippen LogP contribution in [0, 0.1) is 5.82 Å². The summed E-state index contributed by atoms with van der Waals surface area (Å²) in [4.78, 5) is 0. The Bertz CT molecular complexity index is 354. The predicted octanol–water partition coefficient (Wildman–Crippen LogP) is 4.19. The Labute approximate surface area is 109 Å². The van der Waals surface area contributed by atoms with Crippen molar-refractivity contribution in [1.29, 1.82) is 0 Å². The average Bonchev–Trinajstić information content (AvgIpc) is 2.38. The topological polar surface area (TPSA) is 35.2 Å². The maximum absolute atomic E-state index is 13.2. The highest BCUT2D eigenvalue weighted by Gasteiger charge is 2.12. The van der Waals surface area contributed by atoms with Gasteiger partial charge in [0.1, 0.15) is 11.6 Å². The molecule has 0 aliphatic carbocycles. The lowest BCUT2D eigenvalue weighted by atomic mass is 9.99. The van der Waals surface area contributed by atoms with Crippen LogP contribution < -0.4 is 10.5 Å². The maximum Gasteiger partial charge on any atom is 0.123 e. The van der Waals surface area contributed by atoms with Crippen LogP contribution >= 0.6 is 0 Å². The molecule has 0 spiro atoms. The number of ether oxygens (including phenoxy) is 1. The first-order valence-corrected chi connectivity index (χ1v) is 6.78. The standard InChI is InChI=1S/C15H24FNO/c1-3-4-5-6-7-8-14(17)13-11-12(16)9-10-15(13)18-2/h9-11,14H,3-8,17H2,1-2H3. The van der Waals surface area contributed by atoms with Crippen LogP contribution in [0.25, 0.3) is 0 Å². The van der Waals surface area contributed by atoms with Gasteiger partial charge in [-0.15, -0.1) is 0 Å². The molecule has 3 heteroatoms. The third-order valence-corrected chi connectivity index (χ3v) is 3.21. The molecule has 0 saturated heterocycles. The van der Waals surface area contributed by atoms with Crippen LogP contribution in [0.1, 0.15) is 57.1 Å². The molecule has 1 rings (SSSR count). The van der Waals surface area contributed by atoms with E-state index in [-0.39, 0.29) is 11.9 Å². The minimum atomic E-state index is -0.257. The van der Waals surface area contributed by atoms with Crippen molar-refractivity contribution in [2.24, 2.45) is 5.73 Å². The summed E-state index contributed by atoms with van der Waals surface area (Å²) in [5.41, 5.74) is 6.88. The van der Waals surface area contributed by atoms with E-state index in [0.29, 0.717) is 5.75 Å². The van der Waals surface area contributed by atoms with Gasteiger partial charge in [0.25, 0.3) is 0 Å². The molecule has 1 aromatic rings. The summed E-state index contributed by atoms with van der Waals surface area (Å²) in [5.74, 6) is 0.421. The molecule has 0 saturated carbocycles. The van der Waals surface area contributed by atoms with Gasteiger partial charge >= 0.3 is 0 Å². The van der Waals surface area contributed by atoms with E-state index in [0.717, 1.165) is 18.4 Å². The summed E-state index contributed by atoms with van der Waals surface area (Å²) in [7, 11) is 1.59. The lowest BCUT2D eigenvalue weighted by molar-refractivity contribution is 0.401. The van der Waals surface area contributed by atoms with Gasteiger partial charge in [0.15, 0.2) is 0 Å². The number of halogens is 1. The van der Waals surface area contributed by atoms with Crippen LogP contribution in [-0.4, -0.2) is 7.11 Å². The van der Waals surface area contributed by atoms with Crippen molar-refractivity contribution < 1.29 is 9.13 Å². The first-order valence-electron chi connectivity index (χ1n) is 6.78. The van der Waals surface area contributed by atoms with Crippen LogP contribution in [-0.2, 0) is 0 Å². The summed E-state index contributed by atoms with van der Waals surface area (Å²) < 4.78 is 18.4. The number of unbranched alkanes of at least 4 members (excludes halogenated alkanes) is 4. The van der Waals surface area contributed by atoms with Gasteiger partial charge in [0, 0.05) is 11.6 Å². The molecule has 0 heterocycles. The molecule has 2 nitrogen and oxygen atoms in total. The number of hydrogen-bond acceptors (Lipinski definition) is 2. The summed E-state index contributed by atoms with van der Waals surface area (Å²) in [6.45, 7) is 2.20. The van der Waals surface area contributed by atoms with Gasteiger partial charge in [-0.1, -0.05) is 39.0 Å². The van der Waals surface area contributed by atoms with Crippen molar-refractivity contribution in [2.75, 3.05) is 7.11 Å². The van der Waals surface area contributed by atoms with Crippen LogP contribution in [0.3, 0.4) is 0 Å².